The van der Waals surface area contributed by atoms with Crippen molar-refractivity contribution in [3.05, 3.63) is 38.6 Å². The molecule has 0 fully saturated rings. The van der Waals surface area contributed by atoms with Crippen molar-refractivity contribution in [3.8, 4) is 11.5 Å². The molecular formula is C9H6BrN3O3. The molecule has 0 bridgehead atoms. The Morgan fingerprint density at radius 2 is 2.25 bits per heavy atom. The van der Waals surface area contributed by atoms with E-state index in [0.717, 1.165) is 0 Å². The lowest BCUT2D eigenvalue weighted by atomic mass is 10.2. The summed E-state index contributed by atoms with van der Waals surface area (Å²) in [4.78, 5) is 14.3. The second-order valence-corrected chi connectivity index (χ2v) is 3.98. The average Bonchev–Trinajstić information content (AvgIpc) is 2.64. The number of aromatic nitrogens is 2. The van der Waals surface area contributed by atoms with E-state index in [1.807, 2.05) is 0 Å². The van der Waals surface area contributed by atoms with Gasteiger partial charge in [-0.05, 0) is 19.1 Å². The van der Waals surface area contributed by atoms with Gasteiger partial charge >= 0.3 is 0 Å². The summed E-state index contributed by atoms with van der Waals surface area (Å²) in [6, 6.07) is 4.64. The highest BCUT2D eigenvalue weighted by molar-refractivity contribution is 9.10. The van der Waals surface area contributed by atoms with Crippen LogP contribution in [-0.2, 0) is 0 Å². The number of benzene rings is 1. The molecule has 0 aliphatic carbocycles. The van der Waals surface area contributed by atoms with Crippen LogP contribution in [0.25, 0.3) is 11.5 Å². The van der Waals surface area contributed by atoms with Gasteiger partial charge in [-0.1, -0.05) is 21.1 Å². The van der Waals surface area contributed by atoms with Gasteiger partial charge in [0.1, 0.15) is 5.56 Å². The Morgan fingerprint density at radius 3 is 2.81 bits per heavy atom. The van der Waals surface area contributed by atoms with Gasteiger partial charge in [0.05, 0.1) is 4.92 Å². The van der Waals surface area contributed by atoms with Crippen LogP contribution in [0.4, 0.5) is 5.69 Å². The molecule has 1 aromatic carbocycles. The summed E-state index contributed by atoms with van der Waals surface area (Å²) < 4.78 is 5.52. The molecule has 0 amide bonds. The van der Waals surface area contributed by atoms with Crippen molar-refractivity contribution in [1.82, 2.24) is 10.1 Å². The lowest BCUT2D eigenvalue weighted by molar-refractivity contribution is -0.384. The number of aryl methyl sites for hydroxylation is 1. The van der Waals surface area contributed by atoms with Gasteiger partial charge in [-0.15, -0.1) is 0 Å². The molecule has 0 atom stereocenters. The third-order valence-electron chi connectivity index (χ3n) is 1.91. The van der Waals surface area contributed by atoms with Crippen LogP contribution < -0.4 is 0 Å². The van der Waals surface area contributed by atoms with Gasteiger partial charge < -0.3 is 4.52 Å². The van der Waals surface area contributed by atoms with Gasteiger partial charge in [-0.3, -0.25) is 10.1 Å². The van der Waals surface area contributed by atoms with E-state index in [0.29, 0.717) is 15.9 Å². The number of nitro benzene ring substituents is 1. The highest BCUT2D eigenvalue weighted by Gasteiger charge is 2.20. The summed E-state index contributed by atoms with van der Waals surface area (Å²) >= 11 is 3.17. The lowest BCUT2D eigenvalue weighted by Crippen LogP contribution is -1.92. The fraction of sp³-hybridized carbons (Fsp3) is 0.111. The topological polar surface area (TPSA) is 82.1 Å². The van der Waals surface area contributed by atoms with Crippen LogP contribution in [0.1, 0.15) is 5.82 Å². The number of halogens is 1. The van der Waals surface area contributed by atoms with Gasteiger partial charge in [0.25, 0.3) is 11.6 Å². The third kappa shape index (κ3) is 1.94. The number of nitro groups is 1. The van der Waals surface area contributed by atoms with E-state index in [1.165, 1.54) is 6.07 Å². The first kappa shape index (κ1) is 10.7. The summed E-state index contributed by atoms with van der Waals surface area (Å²) in [6.07, 6.45) is 0. The van der Waals surface area contributed by atoms with E-state index in [1.54, 1.807) is 19.1 Å². The quantitative estimate of drug-likeness (QED) is 0.625. The van der Waals surface area contributed by atoms with Crippen LogP contribution >= 0.6 is 15.9 Å². The van der Waals surface area contributed by atoms with Crippen LogP contribution in [0.3, 0.4) is 0 Å². The van der Waals surface area contributed by atoms with Gasteiger partial charge in [-0.25, -0.2) is 0 Å². The standard InChI is InChI=1S/C9H6BrN3O3/c1-5-11-9(16-12-5)7-3-2-6(10)4-8(7)13(14)15/h2-4H,1H3. The van der Waals surface area contributed by atoms with Crippen molar-refractivity contribution in [2.75, 3.05) is 0 Å². The molecular weight excluding hydrogens is 278 g/mol. The fourth-order valence-electron chi connectivity index (χ4n) is 1.24. The first-order valence-electron chi connectivity index (χ1n) is 4.32. The van der Waals surface area contributed by atoms with Crippen molar-refractivity contribution in [2.45, 2.75) is 6.92 Å². The minimum Gasteiger partial charge on any atom is -0.334 e. The molecule has 0 aliphatic heterocycles. The predicted octanol–water partition coefficient (Wildman–Crippen LogP) is 2.72. The number of hydrogen-bond donors (Lipinski definition) is 0. The average molecular weight is 284 g/mol. The van der Waals surface area contributed by atoms with Crippen LogP contribution in [-0.4, -0.2) is 15.1 Å². The molecule has 0 aliphatic rings. The number of nitrogens with zero attached hydrogens (tertiary/aromatic N) is 3. The molecule has 2 aromatic rings. The maximum absolute atomic E-state index is 10.8. The van der Waals surface area contributed by atoms with E-state index in [4.69, 9.17) is 4.52 Å². The zero-order valence-electron chi connectivity index (χ0n) is 8.18. The minimum absolute atomic E-state index is 0.0713. The molecule has 1 heterocycles. The molecule has 2 rings (SSSR count). The van der Waals surface area contributed by atoms with Crippen LogP contribution in [0, 0.1) is 17.0 Å². The number of rotatable bonds is 2. The van der Waals surface area contributed by atoms with Crippen LogP contribution in [0.2, 0.25) is 0 Å². The van der Waals surface area contributed by atoms with Crippen molar-refractivity contribution >= 4 is 21.6 Å². The Balaban J connectivity index is 2.60. The zero-order valence-corrected chi connectivity index (χ0v) is 9.76. The Labute approximate surface area is 98.6 Å². The van der Waals surface area contributed by atoms with Crippen LogP contribution in [0.15, 0.2) is 27.2 Å². The van der Waals surface area contributed by atoms with E-state index in [-0.39, 0.29) is 11.6 Å². The summed E-state index contributed by atoms with van der Waals surface area (Å²) in [5.41, 5.74) is 0.242. The molecule has 0 saturated heterocycles. The third-order valence-corrected chi connectivity index (χ3v) is 2.41. The SMILES string of the molecule is Cc1noc(-c2ccc(Br)cc2[N+](=O)[O-])n1. The summed E-state index contributed by atoms with van der Waals surface area (Å²) in [7, 11) is 0. The lowest BCUT2D eigenvalue weighted by Gasteiger charge is -1.98. The molecule has 0 unspecified atom stereocenters. The summed E-state index contributed by atoms with van der Waals surface area (Å²) in [6.45, 7) is 1.65. The fourth-order valence-corrected chi connectivity index (χ4v) is 1.59. The second kappa shape index (κ2) is 4.01. The molecule has 16 heavy (non-hydrogen) atoms. The molecule has 0 saturated carbocycles. The highest BCUT2D eigenvalue weighted by atomic mass is 79.9. The first-order chi connectivity index (χ1) is 7.58. The molecule has 82 valence electrons. The van der Waals surface area contributed by atoms with E-state index >= 15 is 0 Å². The molecule has 7 heteroatoms. The van der Waals surface area contributed by atoms with Crippen molar-refractivity contribution < 1.29 is 9.45 Å². The Morgan fingerprint density at radius 1 is 1.50 bits per heavy atom. The van der Waals surface area contributed by atoms with Gasteiger partial charge in [0.2, 0.25) is 0 Å². The summed E-state index contributed by atoms with van der Waals surface area (Å²) in [5.74, 6) is 0.587. The maximum atomic E-state index is 10.8. The molecule has 6 nitrogen and oxygen atoms in total. The largest absolute Gasteiger partial charge is 0.334 e. The Bertz CT molecular complexity index is 553. The smallest absolute Gasteiger partial charge is 0.283 e. The normalized spacial score (nSPS) is 10.4. The molecule has 0 N–H and O–H groups in total. The van der Waals surface area contributed by atoms with Gasteiger partial charge in [0.15, 0.2) is 5.82 Å². The Hall–Kier alpha value is -1.76. The number of hydrogen-bond acceptors (Lipinski definition) is 5. The molecule has 0 spiro atoms. The molecule has 1 aromatic heterocycles. The highest BCUT2D eigenvalue weighted by Crippen LogP contribution is 2.31. The second-order valence-electron chi connectivity index (χ2n) is 3.07. The first-order valence-corrected chi connectivity index (χ1v) is 5.12. The monoisotopic (exact) mass is 283 g/mol. The summed E-state index contributed by atoms with van der Waals surface area (Å²) in [5, 5.41) is 14.4. The minimum atomic E-state index is -0.486. The van der Waals surface area contributed by atoms with Crippen molar-refractivity contribution in [1.29, 1.82) is 0 Å². The Kier molecular flexibility index (Phi) is 2.69. The van der Waals surface area contributed by atoms with E-state index < -0.39 is 4.92 Å². The van der Waals surface area contributed by atoms with Crippen molar-refractivity contribution in [3.63, 3.8) is 0 Å². The predicted molar refractivity (Wildman–Crippen MR) is 58.8 cm³/mol. The zero-order chi connectivity index (χ0) is 11.7. The van der Waals surface area contributed by atoms with E-state index in [2.05, 4.69) is 26.1 Å². The molecule has 0 radical (unpaired) electrons. The van der Waals surface area contributed by atoms with E-state index in [9.17, 15) is 10.1 Å². The maximum Gasteiger partial charge on any atom is 0.283 e. The van der Waals surface area contributed by atoms with Crippen molar-refractivity contribution in [2.24, 2.45) is 0 Å². The van der Waals surface area contributed by atoms with Gasteiger partial charge in [0, 0.05) is 10.5 Å². The van der Waals surface area contributed by atoms with Gasteiger partial charge in [-0.2, -0.15) is 4.98 Å². The van der Waals surface area contributed by atoms with Crippen LogP contribution in [0.5, 0.6) is 0 Å².